The lowest BCUT2D eigenvalue weighted by Gasteiger charge is -2.01. The molecular formula is C11H18N2O2. The summed E-state index contributed by atoms with van der Waals surface area (Å²) in [5.74, 6) is -0.173. The molecule has 84 valence electrons. The standard InChI is InChI=1S/C11H18N2O2/c1-3-13-7-5-10(9-13)8-12-6-4-11(14)15-2/h5,7,9,12H,3-4,6,8H2,1-2H3. The van der Waals surface area contributed by atoms with Crippen molar-refractivity contribution in [2.24, 2.45) is 0 Å². The zero-order chi connectivity index (χ0) is 11.1. The van der Waals surface area contributed by atoms with Crippen LogP contribution in [0.5, 0.6) is 0 Å². The van der Waals surface area contributed by atoms with Crippen LogP contribution in [0.4, 0.5) is 0 Å². The van der Waals surface area contributed by atoms with Crippen LogP contribution in [0.15, 0.2) is 18.5 Å². The summed E-state index contributed by atoms with van der Waals surface area (Å²) in [6, 6.07) is 2.08. The molecule has 4 heteroatoms. The molecule has 0 atom stereocenters. The summed E-state index contributed by atoms with van der Waals surface area (Å²) in [6.45, 7) is 4.55. The van der Waals surface area contributed by atoms with Gasteiger partial charge in [0.15, 0.2) is 0 Å². The number of ether oxygens (including phenoxy) is 1. The fraction of sp³-hybridized carbons (Fsp3) is 0.545. The first-order chi connectivity index (χ1) is 7.26. The number of methoxy groups -OCH3 is 1. The largest absolute Gasteiger partial charge is 0.469 e. The molecule has 0 aliphatic rings. The molecule has 0 radical (unpaired) electrons. The van der Waals surface area contributed by atoms with Crippen LogP contribution in [-0.2, 0) is 22.6 Å². The highest BCUT2D eigenvalue weighted by Gasteiger charge is 1.99. The lowest BCUT2D eigenvalue weighted by atomic mass is 10.3. The second-order valence-electron chi connectivity index (χ2n) is 3.35. The molecule has 0 fully saturated rings. The first-order valence-electron chi connectivity index (χ1n) is 5.18. The average Bonchev–Trinajstić information content (AvgIpc) is 2.72. The number of rotatable bonds is 6. The van der Waals surface area contributed by atoms with E-state index in [-0.39, 0.29) is 5.97 Å². The second kappa shape index (κ2) is 6.24. The van der Waals surface area contributed by atoms with Crippen molar-refractivity contribution in [1.29, 1.82) is 0 Å². The molecular weight excluding hydrogens is 192 g/mol. The minimum atomic E-state index is -0.173. The Hall–Kier alpha value is -1.29. The van der Waals surface area contributed by atoms with E-state index in [1.165, 1.54) is 12.7 Å². The summed E-state index contributed by atoms with van der Waals surface area (Å²) < 4.78 is 6.66. The van der Waals surface area contributed by atoms with Crippen LogP contribution in [0.3, 0.4) is 0 Å². The third-order valence-electron chi connectivity index (χ3n) is 2.24. The Bertz CT molecular complexity index is 307. The van der Waals surface area contributed by atoms with Gasteiger partial charge in [0.2, 0.25) is 0 Å². The Morgan fingerprint density at radius 3 is 3.00 bits per heavy atom. The summed E-state index contributed by atoms with van der Waals surface area (Å²) in [5.41, 5.74) is 1.24. The van der Waals surface area contributed by atoms with Crippen molar-refractivity contribution in [2.75, 3.05) is 13.7 Å². The van der Waals surface area contributed by atoms with Gasteiger partial charge in [-0.25, -0.2) is 0 Å². The zero-order valence-electron chi connectivity index (χ0n) is 9.32. The Morgan fingerprint density at radius 1 is 1.60 bits per heavy atom. The van der Waals surface area contributed by atoms with Gasteiger partial charge in [-0.3, -0.25) is 4.79 Å². The topological polar surface area (TPSA) is 43.3 Å². The van der Waals surface area contributed by atoms with Gasteiger partial charge in [-0.15, -0.1) is 0 Å². The van der Waals surface area contributed by atoms with Gasteiger partial charge >= 0.3 is 5.97 Å². The quantitative estimate of drug-likeness (QED) is 0.566. The number of carbonyl (C=O) groups is 1. The molecule has 4 nitrogen and oxygen atoms in total. The van der Waals surface area contributed by atoms with Crippen LogP contribution < -0.4 is 5.32 Å². The predicted molar refractivity (Wildman–Crippen MR) is 58.4 cm³/mol. The van der Waals surface area contributed by atoms with Crippen molar-refractivity contribution >= 4 is 5.97 Å². The smallest absolute Gasteiger partial charge is 0.306 e. The Morgan fingerprint density at radius 2 is 2.40 bits per heavy atom. The molecule has 1 aromatic rings. The normalized spacial score (nSPS) is 10.3. The first kappa shape index (κ1) is 11.8. The van der Waals surface area contributed by atoms with Crippen LogP contribution >= 0.6 is 0 Å². The van der Waals surface area contributed by atoms with Crippen molar-refractivity contribution in [1.82, 2.24) is 9.88 Å². The van der Waals surface area contributed by atoms with E-state index >= 15 is 0 Å². The molecule has 0 saturated heterocycles. The number of nitrogens with one attached hydrogen (secondary N) is 1. The predicted octanol–water partition coefficient (Wildman–Crippen LogP) is 1.16. The van der Waals surface area contributed by atoms with Gasteiger partial charge < -0.3 is 14.6 Å². The summed E-state index contributed by atoms with van der Waals surface area (Å²) in [7, 11) is 1.41. The molecule has 1 aromatic heterocycles. The monoisotopic (exact) mass is 210 g/mol. The molecule has 0 aromatic carbocycles. The van der Waals surface area contributed by atoms with Crippen LogP contribution in [-0.4, -0.2) is 24.2 Å². The molecule has 1 N–H and O–H groups in total. The zero-order valence-corrected chi connectivity index (χ0v) is 9.32. The van der Waals surface area contributed by atoms with Crippen molar-refractivity contribution in [2.45, 2.75) is 26.4 Å². The van der Waals surface area contributed by atoms with Crippen molar-refractivity contribution in [3.8, 4) is 0 Å². The van der Waals surface area contributed by atoms with Gasteiger partial charge in [0.1, 0.15) is 0 Å². The van der Waals surface area contributed by atoms with Crippen molar-refractivity contribution in [3.05, 3.63) is 24.0 Å². The minimum Gasteiger partial charge on any atom is -0.469 e. The molecule has 0 spiro atoms. The van der Waals surface area contributed by atoms with Gasteiger partial charge in [0, 0.05) is 32.0 Å². The molecule has 0 amide bonds. The molecule has 0 aliphatic carbocycles. The minimum absolute atomic E-state index is 0.173. The maximum atomic E-state index is 10.8. The number of hydrogen-bond donors (Lipinski definition) is 1. The van der Waals surface area contributed by atoms with E-state index in [9.17, 15) is 4.79 Å². The van der Waals surface area contributed by atoms with E-state index in [4.69, 9.17) is 0 Å². The maximum absolute atomic E-state index is 10.8. The second-order valence-corrected chi connectivity index (χ2v) is 3.35. The average molecular weight is 210 g/mol. The molecule has 0 aliphatic heterocycles. The number of aryl methyl sites for hydroxylation is 1. The van der Waals surface area contributed by atoms with E-state index in [1.807, 2.05) is 0 Å². The highest BCUT2D eigenvalue weighted by atomic mass is 16.5. The molecule has 0 bridgehead atoms. The van der Waals surface area contributed by atoms with E-state index < -0.39 is 0 Å². The van der Waals surface area contributed by atoms with Gasteiger partial charge in [-0.05, 0) is 18.6 Å². The van der Waals surface area contributed by atoms with E-state index in [0.717, 1.165) is 13.1 Å². The lowest BCUT2D eigenvalue weighted by Crippen LogP contribution is -2.18. The number of carbonyl (C=O) groups excluding carboxylic acids is 1. The Balaban J connectivity index is 2.17. The number of nitrogens with zero attached hydrogens (tertiary/aromatic N) is 1. The fourth-order valence-corrected chi connectivity index (χ4v) is 1.32. The van der Waals surface area contributed by atoms with Crippen molar-refractivity contribution < 1.29 is 9.53 Å². The highest BCUT2D eigenvalue weighted by molar-refractivity contribution is 5.69. The molecule has 1 rings (SSSR count). The SMILES string of the molecule is CCn1ccc(CNCCC(=O)OC)c1. The van der Waals surface area contributed by atoms with Gasteiger partial charge in [0.25, 0.3) is 0 Å². The maximum Gasteiger partial charge on any atom is 0.306 e. The van der Waals surface area contributed by atoms with Crippen LogP contribution in [0.25, 0.3) is 0 Å². The molecule has 1 heterocycles. The van der Waals surface area contributed by atoms with Gasteiger partial charge in [-0.1, -0.05) is 0 Å². The fourth-order valence-electron chi connectivity index (χ4n) is 1.32. The molecule has 0 saturated carbocycles. The van der Waals surface area contributed by atoms with Crippen molar-refractivity contribution in [3.63, 3.8) is 0 Å². The van der Waals surface area contributed by atoms with Crippen LogP contribution in [0.1, 0.15) is 18.9 Å². The third-order valence-corrected chi connectivity index (χ3v) is 2.24. The van der Waals surface area contributed by atoms with E-state index in [2.05, 4.69) is 40.0 Å². The molecule has 0 unspecified atom stereocenters. The van der Waals surface area contributed by atoms with Crippen LogP contribution in [0.2, 0.25) is 0 Å². The molecule has 15 heavy (non-hydrogen) atoms. The summed E-state index contributed by atoms with van der Waals surface area (Å²) in [4.78, 5) is 10.8. The Labute approximate surface area is 90.2 Å². The third kappa shape index (κ3) is 4.16. The summed E-state index contributed by atoms with van der Waals surface area (Å²) in [5, 5.41) is 3.19. The number of hydrogen-bond acceptors (Lipinski definition) is 3. The lowest BCUT2D eigenvalue weighted by molar-refractivity contribution is -0.140. The summed E-state index contributed by atoms with van der Waals surface area (Å²) in [6.07, 6.45) is 4.58. The van der Waals surface area contributed by atoms with Crippen LogP contribution in [0, 0.1) is 0 Å². The Kier molecular flexibility index (Phi) is 4.90. The van der Waals surface area contributed by atoms with E-state index in [0.29, 0.717) is 13.0 Å². The summed E-state index contributed by atoms with van der Waals surface area (Å²) >= 11 is 0. The first-order valence-corrected chi connectivity index (χ1v) is 5.18. The van der Waals surface area contributed by atoms with E-state index in [1.54, 1.807) is 0 Å². The number of aromatic nitrogens is 1. The highest BCUT2D eigenvalue weighted by Crippen LogP contribution is 2.00. The number of esters is 1. The van der Waals surface area contributed by atoms with Gasteiger partial charge in [0.05, 0.1) is 13.5 Å². The van der Waals surface area contributed by atoms with Gasteiger partial charge in [-0.2, -0.15) is 0 Å².